The van der Waals surface area contributed by atoms with Gasteiger partial charge in [0.1, 0.15) is 0 Å². The first-order chi connectivity index (χ1) is 5.42. The average Bonchev–Trinajstić information content (AvgIpc) is 2.40. The molecule has 0 aliphatic heterocycles. The molecule has 3 saturated carbocycles. The van der Waals surface area contributed by atoms with Crippen LogP contribution in [0.3, 0.4) is 0 Å². The van der Waals surface area contributed by atoms with Gasteiger partial charge in [0.25, 0.3) is 0 Å². The molecule has 0 nitrogen and oxygen atoms in total. The largest absolute Gasteiger partial charge is 0.0527 e. The summed E-state index contributed by atoms with van der Waals surface area (Å²) in [6, 6.07) is 0. The Kier molecular flexibility index (Phi) is 1.20. The smallest absolute Gasteiger partial charge is 0.0241 e. The summed E-state index contributed by atoms with van der Waals surface area (Å²) in [6.07, 6.45) is 12.6. The Hall–Kier alpha value is 0. The van der Waals surface area contributed by atoms with Gasteiger partial charge in [0.2, 0.25) is 0 Å². The van der Waals surface area contributed by atoms with Gasteiger partial charge in [-0.25, -0.2) is 0 Å². The van der Waals surface area contributed by atoms with E-state index in [0.29, 0.717) is 0 Å². The van der Waals surface area contributed by atoms with E-state index in [4.69, 9.17) is 0 Å². The third-order valence-electron chi connectivity index (χ3n) is 4.88. The number of hydrogen-bond donors (Lipinski definition) is 0. The molecule has 0 heterocycles. The Balaban J connectivity index is 1.90. The van der Waals surface area contributed by atoms with E-state index in [0.717, 1.165) is 5.41 Å². The van der Waals surface area contributed by atoms with E-state index in [2.05, 4.69) is 0 Å². The second-order valence-electron chi connectivity index (χ2n) is 4.99. The Labute approximate surface area is 69.4 Å². The standard InChI is InChI=1S/C11H18/c1-3-9-5-2-7-11(9)8-6-10(11)4-1/h9-10H,1-8H2. The Morgan fingerprint density at radius 3 is 2.09 bits per heavy atom. The average molecular weight is 150 g/mol. The van der Waals surface area contributed by atoms with E-state index in [-0.39, 0.29) is 0 Å². The first-order valence-electron chi connectivity index (χ1n) is 5.42. The van der Waals surface area contributed by atoms with Crippen LogP contribution in [-0.4, -0.2) is 0 Å². The van der Waals surface area contributed by atoms with Gasteiger partial charge in [0.15, 0.2) is 0 Å². The van der Waals surface area contributed by atoms with Crippen LogP contribution < -0.4 is 0 Å². The summed E-state index contributed by atoms with van der Waals surface area (Å²) in [7, 11) is 0. The van der Waals surface area contributed by atoms with Crippen LogP contribution in [0.4, 0.5) is 0 Å². The molecule has 3 aliphatic carbocycles. The van der Waals surface area contributed by atoms with Crippen LogP contribution in [0.1, 0.15) is 51.4 Å². The molecule has 11 heavy (non-hydrogen) atoms. The minimum atomic E-state index is 0.929. The summed E-state index contributed by atoms with van der Waals surface area (Å²) in [5.74, 6) is 2.36. The van der Waals surface area contributed by atoms with E-state index in [1.54, 1.807) is 51.4 Å². The monoisotopic (exact) mass is 150 g/mol. The fraction of sp³-hybridized carbons (Fsp3) is 1.00. The molecule has 0 amide bonds. The second-order valence-corrected chi connectivity index (χ2v) is 4.99. The zero-order chi connectivity index (χ0) is 7.31. The van der Waals surface area contributed by atoms with Crippen molar-refractivity contribution in [1.29, 1.82) is 0 Å². The van der Waals surface area contributed by atoms with Gasteiger partial charge in [-0.05, 0) is 55.8 Å². The van der Waals surface area contributed by atoms with E-state index in [1.165, 1.54) is 11.8 Å². The van der Waals surface area contributed by atoms with Gasteiger partial charge in [-0.15, -0.1) is 0 Å². The molecule has 0 N–H and O–H groups in total. The lowest BCUT2D eigenvalue weighted by molar-refractivity contribution is -0.0467. The highest BCUT2D eigenvalue weighted by atomic mass is 14.6. The van der Waals surface area contributed by atoms with Gasteiger partial charge < -0.3 is 0 Å². The minimum Gasteiger partial charge on any atom is -0.0527 e. The van der Waals surface area contributed by atoms with Crippen molar-refractivity contribution in [3.05, 3.63) is 0 Å². The summed E-state index contributed by atoms with van der Waals surface area (Å²) in [5, 5.41) is 0. The van der Waals surface area contributed by atoms with Gasteiger partial charge in [-0.2, -0.15) is 0 Å². The topological polar surface area (TPSA) is 0 Å². The summed E-state index contributed by atoms with van der Waals surface area (Å²) in [5.41, 5.74) is 0.929. The molecule has 3 atom stereocenters. The molecule has 3 fully saturated rings. The molecule has 62 valence electrons. The SMILES string of the molecule is C1CC2CCCC23CCC3C1. The van der Waals surface area contributed by atoms with Crippen LogP contribution in [0, 0.1) is 17.3 Å². The van der Waals surface area contributed by atoms with E-state index < -0.39 is 0 Å². The lowest BCUT2D eigenvalue weighted by Crippen LogP contribution is -2.45. The molecular formula is C11H18. The van der Waals surface area contributed by atoms with Crippen molar-refractivity contribution < 1.29 is 0 Å². The quantitative estimate of drug-likeness (QED) is 0.496. The predicted octanol–water partition coefficient (Wildman–Crippen LogP) is 3.37. The zero-order valence-corrected chi connectivity index (χ0v) is 7.31. The van der Waals surface area contributed by atoms with Crippen molar-refractivity contribution in [1.82, 2.24) is 0 Å². The summed E-state index contributed by atoms with van der Waals surface area (Å²) in [6.45, 7) is 0. The fourth-order valence-corrected chi connectivity index (χ4v) is 4.23. The van der Waals surface area contributed by atoms with Crippen LogP contribution >= 0.6 is 0 Å². The molecule has 0 aromatic rings. The van der Waals surface area contributed by atoms with Crippen molar-refractivity contribution in [2.24, 2.45) is 17.3 Å². The predicted molar refractivity (Wildman–Crippen MR) is 46.3 cm³/mol. The van der Waals surface area contributed by atoms with Crippen molar-refractivity contribution in [2.75, 3.05) is 0 Å². The molecule has 3 aliphatic rings. The Morgan fingerprint density at radius 2 is 1.45 bits per heavy atom. The highest BCUT2D eigenvalue weighted by Gasteiger charge is 2.54. The maximum atomic E-state index is 1.60. The molecule has 3 rings (SSSR count). The molecule has 3 unspecified atom stereocenters. The second kappa shape index (κ2) is 2.02. The van der Waals surface area contributed by atoms with E-state index in [9.17, 15) is 0 Å². The van der Waals surface area contributed by atoms with Crippen molar-refractivity contribution in [3.63, 3.8) is 0 Å². The van der Waals surface area contributed by atoms with Crippen molar-refractivity contribution >= 4 is 0 Å². The van der Waals surface area contributed by atoms with E-state index in [1.807, 2.05) is 0 Å². The highest BCUT2D eigenvalue weighted by molar-refractivity contribution is 5.05. The molecule has 0 bridgehead atoms. The Morgan fingerprint density at radius 1 is 0.727 bits per heavy atom. The number of hydrogen-bond acceptors (Lipinski definition) is 0. The van der Waals surface area contributed by atoms with Crippen LogP contribution in [-0.2, 0) is 0 Å². The third kappa shape index (κ3) is 0.666. The number of rotatable bonds is 0. The normalized spacial score (nSPS) is 54.5. The van der Waals surface area contributed by atoms with Gasteiger partial charge in [0.05, 0.1) is 0 Å². The summed E-state index contributed by atoms with van der Waals surface area (Å²) in [4.78, 5) is 0. The molecule has 0 aromatic carbocycles. The minimum absolute atomic E-state index is 0.929. The van der Waals surface area contributed by atoms with E-state index >= 15 is 0 Å². The van der Waals surface area contributed by atoms with Gasteiger partial charge in [-0.1, -0.05) is 12.8 Å². The van der Waals surface area contributed by atoms with Gasteiger partial charge >= 0.3 is 0 Å². The van der Waals surface area contributed by atoms with Crippen molar-refractivity contribution in [2.45, 2.75) is 51.4 Å². The third-order valence-corrected chi connectivity index (χ3v) is 4.88. The molecule has 0 heteroatoms. The van der Waals surface area contributed by atoms with Crippen LogP contribution in [0.2, 0.25) is 0 Å². The first kappa shape index (κ1) is 6.51. The van der Waals surface area contributed by atoms with Crippen LogP contribution in [0.5, 0.6) is 0 Å². The highest BCUT2D eigenvalue weighted by Crippen LogP contribution is 2.65. The van der Waals surface area contributed by atoms with Crippen LogP contribution in [0.25, 0.3) is 0 Å². The zero-order valence-electron chi connectivity index (χ0n) is 7.31. The molecule has 1 spiro atoms. The molecule has 0 radical (unpaired) electrons. The van der Waals surface area contributed by atoms with Crippen LogP contribution in [0.15, 0.2) is 0 Å². The summed E-state index contributed by atoms with van der Waals surface area (Å²) < 4.78 is 0. The summed E-state index contributed by atoms with van der Waals surface area (Å²) >= 11 is 0. The lowest BCUT2D eigenvalue weighted by Gasteiger charge is -2.55. The first-order valence-corrected chi connectivity index (χ1v) is 5.42. The van der Waals surface area contributed by atoms with Gasteiger partial charge in [0, 0.05) is 0 Å². The maximum absolute atomic E-state index is 1.60. The lowest BCUT2D eigenvalue weighted by atomic mass is 9.50. The molecule has 0 aromatic heterocycles. The maximum Gasteiger partial charge on any atom is -0.0241 e. The van der Waals surface area contributed by atoms with Gasteiger partial charge in [-0.3, -0.25) is 0 Å². The Bertz CT molecular complexity index is 173. The van der Waals surface area contributed by atoms with Crippen molar-refractivity contribution in [3.8, 4) is 0 Å². The molecule has 0 saturated heterocycles. The molecular weight excluding hydrogens is 132 g/mol. The fourth-order valence-electron chi connectivity index (χ4n) is 4.23.